The molecule has 6 nitrogen and oxygen atoms in total. The standard InChI is InChI=1S/C21H40O6Si2/c1-28(2,3)26-18-15-17(19(23)16-18)11-9-7-8-10-12-20(25-14-13-22)21(24)27-29(4,5)6/h15,18,20,22H,7-14,16H2,1-6H3/t18-,20?/m0/s1. The molecule has 0 heterocycles. The third-order valence-electron chi connectivity index (χ3n) is 4.38. The monoisotopic (exact) mass is 444 g/mol. The quantitative estimate of drug-likeness (QED) is 0.319. The maximum atomic E-state index is 12.3. The molecule has 1 N–H and O–H groups in total. The molecule has 168 valence electrons. The van der Waals surface area contributed by atoms with Crippen LogP contribution in [0.15, 0.2) is 11.6 Å². The highest BCUT2D eigenvalue weighted by Crippen LogP contribution is 2.25. The van der Waals surface area contributed by atoms with Crippen LogP contribution in [0.5, 0.6) is 0 Å². The molecule has 0 saturated heterocycles. The van der Waals surface area contributed by atoms with E-state index >= 15 is 0 Å². The van der Waals surface area contributed by atoms with E-state index in [4.69, 9.17) is 18.7 Å². The van der Waals surface area contributed by atoms with Crippen molar-refractivity contribution in [1.29, 1.82) is 0 Å². The molecule has 1 rings (SSSR count). The molecule has 0 aromatic rings. The summed E-state index contributed by atoms with van der Waals surface area (Å²) in [6.07, 6.45) is 7.04. The van der Waals surface area contributed by atoms with Gasteiger partial charge in [-0.2, -0.15) is 0 Å². The second kappa shape index (κ2) is 12.1. The first-order valence-corrected chi connectivity index (χ1v) is 17.6. The van der Waals surface area contributed by atoms with Crippen LogP contribution in [0.3, 0.4) is 0 Å². The Morgan fingerprint density at radius 1 is 1.10 bits per heavy atom. The van der Waals surface area contributed by atoms with Gasteiger partial charge in [-0.15, -0.1) is 0 Å². The van der Waals surface area contributed by atoms with Gasteiger partial charge in [0.05, 0.1) is 19.3 Å². The van der Waals surface area contributed by atoms with Crippen molar-refractivity contribution in [3.05, 3.63) is 11.6 Å². The summed E-state index contributed by atoms with van der Waals surface area (Å²) in [6, 6.07) is 0. The van der Waals surface area contributed by atoms with E-state index in [1.165, 1.54) is 0 Å². The van der Waals surface area contributed by atoms with Crippen molar-refractivity contribution in [1.82, 2.24) is 0 Å². The van der Waals surface area contributed by atoms with Gasteiger partial charge in [-0.25, -0.2) is 0 Å². The number of allylic oxidation sites excluding steroid dienone is 1. The highest BCUT2D eigenvalue weighted by atomic mass is 28.4. The smallest absolute Gasteiger partial charge is 0.321 e. The maximum Gasteiger partial charge on any atom is 0.321 e. The second-order valence-electron chi connectivity index (χ2n) is 9.66. The molecule has 1 aliphatic carbocycles. The average Bonchev–Trinajstić information content (AvgIpc) is 2.89. The number of ketones is 1. The van der Waals surface area contributed by atoms with Gasteiger partial charge in [-0.05, 0) is 70.2 Å². The molecule has 0 radical (unpaired) electrons. The normalized spacial score (nSPS) is 18.7. The molecular weight excluding hydrogens is 404 g/mol. The van der Waals surface area contributed by atoms with Crippen molar-refractivity contribution >= 4 is 28.4 Å². The van der Waals surface area contributed by atoms with Crippen molar-refractivity contribution in [2.24, 2.45) is 0 Å². The topological polar surface area (TPSA) is 82.1 Å². The molecule has 8 heteroatoms. The zero-order valence-corrected chi connectivity index (χ0v) is 21.1. The predicted octanol–water partition coefficient (Wildman–Crippen LogP) is 4.20. The van der Waals surface area contributed by atoms with E-state index in [0.29, 0.717) is 12.8 Å². The van der Waals surface area contributed by atoms with Crippen LogP contribution in [0.1, 0.15) is 44.9 Å². The SMILES string of the molecule is C[Si](C)(C)OC(=O)C(CCCCCCC1=C[C@H](O[Si](C)(C)C)CC1=O)OCCO. The zero-order valence-electron chi connectivity index (χ0n) is 19.1. The number of Topliss-reactive ketones (excluding diaryl/α,β-unsaturated/α-hetero) is 1. The Morgan fingerprint density at radius 2 is 1.76 bits per heavy atom. The third kappa shape index (κ3) is 11.8. The number of rotatable bonds is 14. The molecule has 0 amide bonds. The lowest BCUT2D eigenvalue weighted by Gasteiger charge is -2.22. The number of hydrogen-bond acceptors (Lipinski definition) is 6. The second-order valence-corrected chi connectivity index (χ2v) is 18.5. The van der Waals surface area contributed by atoms with Gasteiger partial charge < -0.3 is 18.7 Å². The minimum atomic E-state index is -1.96. The molecule has 0 saturated carbocycles. The lowest BCUT2D eigenvalue weighted by molar-refractivity contribution is -0.149. The van der Waals surface area contributed by atoms with Gasteiger partial charge >= 0.3 is 5.97 Å². The summed E-state index contributed by atoms with van der Waals surface area (Å²) >= 11 is 0. The summed E-state index contributed by atoms with van der Waals surface area (Å²) in [5, 5.41) is 8.97. The molecule has 0 spiro atoms. The fraction of sp³-hybridized carbons (Fsp3) is 0.810. The Kier molecular flexibility index (Phi) is 11.0. The minimum absolute atomic E-state index is 0.0361. The van der Waals surface area contributed by atoms with Crippen LogP contribution < -0.4 is 0 Å². The van der Waals surface area contributed by atoms with E-state index in [-0.39, 0.29) is 31.1 Å². The Hall–Kier alpha value is -0.806. The van der Waals surface area contributed by atoms with E-state index in [9.17, 15) is 9.59 Å². The van der Waals surface area contributed by atoms with Crippen molar-refractivity contribution in [3.8, 4) is 0 Å². The largest absolute Gasteiger partial charge is 0.518 e. The molecule has 0 aromatic carbocycles. The molecular formula is C21H40O6Si2. The molecule has 2 atom stereocenters. The fourth-order valence-corrected chi connectivity index (χ4v) is 5.07. The van der Waals surface area contributed by atoms with E-state index in [1.54, 1.807) is 0 Å². The first kappa shape index (κ1) is 26.2. The summed E-state index contributed by atoms with van der Waals surface area (Å²) in [7, 11) is -3.60. The number of unbranched alkanes of at least 4 members (excludes halogenated alkanes) is 3. The van der Waals surface area contributed by atoms with Crippen LogP contribution in [-0.4, -0.2) is 58.9 Å². The summed E-state index contributed by atoms with van der Waals surface area (Å²) in [6.45, 7) is 12.3. The Morgan fingerprint density at radius 3 is 2.34 bits per heavy atom. The summed E-state index contributed by atoms with van der Waals surface area (Å²) in [4.78, 5) is 24.4. The molecule has 0 fully saturated rings. The van der Waals surface area contributed by atoms with E-state index in [1.807, 2.05) is 25.7 Å². The van der Waals surface area contributed by atoms with Crippen LogP contribution in [0.25, 0.3) is 0 Å². The van der Waals surface area contributed by atoms with Crippen molar-refractivity contribution < 1.29 is 28.3 Å². The minimum Gasteiger partial charge on any atom is -0.518 e. The Balaban J connectivity index is 2.32. The molecule has 0 aliphatic heterocycles. The van der Waals surface area contributed by atoms with Crippen molar-refractivity contribution in [3.63, 3.8) is 0 Å². The number of ether oxygens (including phenoxy) is 1. The maximum absolute atomic E-state index is 12.3. The van der Waals surface area contributed by atoms with Crippen LogP contribution >= 0.6 is 0 Å². The number of carbonyl (C=O) groups excluding carboxylic acids is 2. The van der Waals surface area contributed by atoms with E-state index in [0.717, 1.165) is 37.7 Å². The third-order valence-corrected chi connectivity index (χ3v) is 6.20. The summed E-state index contributed by atoms with van der Waals surface area (Å²) < 4.78 is 17.1. The van der Waals surface area contributed by atoms with Gasteiger partial charge in [0.1, 0.15) is 0 Å². The number of aliphatic hydroxyl groups excluding tert-OH is 1. The molecule has 1 unspecified atom stereocenters. The van der Waals surface area contributed by atoms with E-state index < -0.39 is 22.7 Å². The van der Waals surface area contributed by atoms with Gasteiger partial charge in [0, 0.05) is 6.42 Å². The van der Waals surface area contributed by atoms with Crippen molar-refractivity contribution in [2.75, 3.05) is 13.2 Å². The van der Waals surface area contributed by atoms with Gasteiger partial charge in [0.15, 0.2) is 20.2 Å². The number of aliphatic hydroxyl groups is 1. The first-order valence-electron chi connectivity index (χ1n) is 10.8. The van der Waals surface area contributed by atoms with Crippen LogP contribution in [0.2, 0.25) is 39.3 Å². The van der Waals surface area contributed by atoms with Gasteiger partial charge in [0.25, 0.3) is 0 Å². The lowest BCUT2D eigenvalue weighted by atomic mass is 10.0. The van der Waals surface area contributed by atoms with Crippen molar-refractivity contribution in [2.45, 2.75) is 96.4 Å². The summed E-state index contributed by atoms with van der Waals surface area (Å²) in [5.41, 5.74) is 0.913. The molecule has 0 aromatic heterocycles. The Labute approximate surface area is 178 Å². The number of carbonyl (C=O) groups is 2. The van der Waals surface area contributed by atoms with Gasteiger partial charge in [-0.1, -0.05) is 19.3 Å². The zero-order chi connectivity index (χ0) is 22.1. The lowest BCUT2D eigenvalue weighted by Crippen LogP contribution is -2.37. The fourth-order valence-electron chi connectivity index (χ4n) is 3.27. The highest BCUT2D eigenvalue weighted by Gasteiger charge is 2.29. The van der Waals surface area contributed by atoms with Gasteiger partial charge in [0.2, 0.25) is 8.32 Å². The molecule has 1 aliphatic rings. The predicted molar refractivity (Wildman–Crippen MR) is 120 cm³/mol. The van der Waals surface area contributed by atoms with Crippen LogP contribution in [0.4, 0.5) is 0 Å². The molecule has 0 bridgehead atoms. The van der Waals surface area contributed by atoms with E-state index in [2.05, 4.69) is 19.6 Å². The molecule has 29 heavy (non-hydrogen) atoms. The van der Waals surface area contributed by atoms with Gasteiger partial charge in [-0.3, -0.25) is 9.59 Å². The Bertz CT molecular complexity index is 562. The van der Waals surface area contributed by atoms with Crippen LogP contribution in [0, 0.1) is 0 Å². The number of hydrogen-bond donors (Lipinski definition) is 1. The first-order chi connectivity index (χ1) is 13.4. The summed E-state index contributed by atoms with van der Waals surface area (Å²) in [5.74, 6) is -0.0902. The highest BCUT2D eigenvalue weighted by molar-refractivity contribution is 6.71. The van der Waals surface area contributed by atoms with Crippen LogP contribution in [-0.2, 0) is 23.2 Å². The average molecular weight is 445 g/mol.